The van der Waals surface area contributed by atoms with E-state index < -0.39 is 0 Å². The zero-order valence-corrected chi connectivity index (χ0v) is 24.0. The molecular weight excluding hydrogens is 508 g/mol. The molecule has 0 spiro atoms. The van der Waals surface area contributed by atoms with Crippen LogP contribution in [0, 0.1) is 0 Å². The summed E-state index contributed by atoms with van der Waals surface area (Å²) in [6.07, 6.45) is 1.60. The quantitative estimate of drug-likeness (QED) is 0.361. The van der Waals surface area contributed by atoms with Crippen molar-refractivity contribution in [1.82, 2.24) is 9.80 Å². The molecule has 1 atom stereocenters. The molecule has 0 aromatic heterocycles. The molecule has 8 heteroatoms. The Morgan fingerprint density at radius 2 is 1.12 bits per heavy atom. The molecule has 0 radical (unpaired) electrons. The Bertz CT molecular complexity index is 872. The third-order valence-corrected chi connectivity index (χ3v) is 6.50. The smallest absolute Gasteiger partial charge is 0.104 e. The summed E-state index contributed by atoms with van der Waals surface area (Å²) in [6, 6.07) is 21.0. The maximum absolute atomic E-state index is 6.19. The van der Waals surface area contributed by atoms with Crippen LogP contribution in [0.25, 0.3) is 0 Å². The van der Waals surface area contributed by atoms with Gasteiger partial charge in [-0.15, -0.1) is 6.58 Å². The second kappa shape index (κ2) is 21.6. The highest BCUT2D eigenvalue weighted by molar-refractivity contribution is 5.15. The van der Waals surface area contributed by atoms with Crippen molar-refractivity contribution in [3.05, 3.63) is 84.4 Å². The Morgan fingerprint density at radius 1 is 0.650 bits per heavy atom. The molecule has 0 saturated carbocycles. The summed E-state index contributed by atoms with van der Waals surface area (Å²) in [5.74, 6) is 0. The van der Waals surface area contributed by atoms with Gasteiger partial charge < -0.3 is 28.4 Å². The highest BCUT2D eigenvalue weighted by Gasteiger charge is 2.13. The van der Waals surface area contributed by atoms with Gasteiger partial charge >= 0.3 is 0 Å². The fourth-order valence-corrected chi connectivity index (χ4v) is 4.34. The number of ether oxygens (including phenoxy) is 6. The van der Waals surface area contributed by atoms with Crippen LogP contribution in [0.15, 0.2) is 73.3 Å². The molecule has 0 N–H and O–H groups in total. The SMILES string of the molecule is C=CCOCC1COCCOCCN(Cc2ccccc2)CCOCCOCCN(Cc2ccccc2)CCO1. The minimum absolute atomic E-state index is 0.151. The molecule has 1 saturated heterocycles. The zero-order valence-electron chi connectivity index (χ0n) is 24.0. The fourth-order valence-electron chi connectivity index (χ4n) is 4.34. The highest BCUT2D eigenvalue weighted by Crippen LogP contribution is 2.07. The number of benzene rings is 2. The molecule has 2 aromatic rings. The Kier molecular flexibility index (Phi) is 17.5. The third-order valence-electron chi connectivity index (χ3n) is 6.50. The summed E-state index contributed by atoms with van der Waals surface area (Å²) in [7, 11) is 0. The van der Waals surface area contributed by atoms with Crippen LogP contribution in [0.4, 0.5) is 0 Å². The van der Waals surface area contributed by atoms with Gasteiger partial charge in [-0.3, -0.25) is 9.80 Å². The van der Waals surface area contributed by atoms with E-state index >= 15 is 0 Å². The largest absolute Gasteiger partial charge is 0.378 e. The fraction of sp³-hybridized carbons (Fsp3) is 0.562. The summed E-state index contributed by atoms with van der Waals surface area (Å²) >= 11 is 0. The molecule has 1 fully saturated rings. The molecule has 8 nitrogen and oxygen atoms in total. The second-order valence-electron chi connectivity index (χ2n) is 9.75. The molecule has 0 aliphatic carbocycles. The maximum atomic E-state index is 6.19. The normalized spacial score (nSPS) is 20.9. The van der Waals surface area contributed by atoms with E-state index in [1.165, 1.54) is 11.1 Å². The van der Waals surface area contributed by atoms with Crippen molar-refractivity contribution in [1.29, 1.82) is 0 Å². The Labute approximate surface area is 240 Å². The van der Waals surface area contributed by atoms with Crippen molar-refractivity contribution in [2.45, 2.75) is 19.2 Å². The van der Waals surface area contributed by atoms with E-state index in [1.807, 2.05) is 12.1 Å². The monoisotopic (exact) mass is 556 g/mol. The van der Waals surface area contributed by atoms with Gasteiger partial charge in [-0.1, -0.05) is 66.7 Å². The lowest BCUT2D eigenvalue weighted by molar-refractivity contribution is -0.0685. The van der Waals surface area contributed by atoms with E-state index in [2.05, 4.69) is 64.9 Å². The summed E-state index contributed by atoms with van der Waals surface area (Å²) in [5.41, 5.74) is 2.55. The molecule has 1 heterocycles. The van der Waals surface area contributed by atoms with Gasteiger partial charge in [0.25, 0.3) is 0 Å². The van der Waals surface area contributed by atoms with Gasteiger partial charge in [0.05, 0.1) is 72.7 Å². The Morgan fingerprint density at radius 3 is 1.62 bits per heavy atom. The van der Waals surface area contributed by atoms with E-state index in [0.717, 1.165) is 39.3 Å². The first-order valence-electron chi connectivity index (χ1n) is 14.5. The minimum atomic E-state index is -0.151. The van der Waals surface area contributed by atoms with Crippen LogP contribution in [0.2, 0.25) is 0 Å². The Hall–Kier alpha value is -2.14. The van der Waals surface area contributed by atoms with Crippen molar-refractivity contribution in [3.63, 3.8) is 0 Å². The first kappa shape index (κ1) is 32.4. The number of hydrogen-bond donors (Lipinski definition) is 0. The van der Waals surface area contributed by atoms with E-state index in [0.29, 0.717) is 72.7 Å². The molecule has 1 aliphatic rings. The van der Waals surface area contributed by atoms with Crippen molar-refractivity contribution in [2.24, 2.45) is 0 Å². The molecular formula is C32H48N2O6. The molecule has 1 unspecified atom stereocenters. The first-order valence-corrected chi connectivity index (χ1v) is 14.5. The molecule has 2 aromatic carbocycles. The van der Waals surface area contributed by atoms with Crippen molar-refractivity contribution >= 4 is 0 Å². The average molecular weight is 557 g/mol. The lowest BCUT2D eigenvalue weighted by atomic mass is 10.2. The zero-order chi connectivity index (χ0) is 27.9. The summed E-state index contributed by atoms with van der Waals surface area (Å²) in [4.78, 5) is 4.72. The molecule has 222 valence electrons. The molecule has 40 heavy (non-hydrogen) atoms. The third kappa shape index (κ3) is 15.0. The van der Waals surface area contributed by atoms with Crippen LogP contribution in [0.5, 0.6) is 0 Å². The molecule has 1 aliphatic heterocycles. The standard InChI is InChI=1S/C32H48N2O6/c1-2-17-38-28-32-29-39-25-24-37-19-14-33(26-30-9-5-3-6-10-30)13-18-35-22-23-36-20-15-34(16-21-40-32)27-31-11-7-4-8-12-31/h2-12,32H,1,13-29H2. The van der Waals surface area contributed by atoms with Crippen molar-refractivity contribution in [2.75, 3.05) is 98.9 Å². The van der Waals surface area contributed by atoms with Gasteiger partial charge in [-0.05, 0) is 11.1 Å². The molecule has 0 bridgehead atoms. The predicted molar refractivity (Wildman–Crippen MR) is 157 cm³/mol. The van der Waals surface area contributed by atoms with Crippen LogP contribution in [-0.4, -0.2) is 115 Å². The van der Waals surface area contributed by atoms with Crippen LogP contribution >= 0.6 is 0 Å². The van der Waals surface area contributed by atoms with Gasteiger partial charge in [0.15, 0.2) is 0 Å². The minimum Gasteiger partial charge on any atom is -0.378 e. The predicted octanol–water partition coefficient (Wildman–Crippen LogP) is 3.66. The van der Waals surface area contributed by atoms with Gasteiger partial charge in [-0.2, -0.15) is 0 Å². The summed E-state index contributed by atoms with van der Waals surface area (Å²) in [6.45, 7) is 14.8. The van der Waals surface area contributed by atoms with E-state index in [4.69, 9.17) is 28.4 Å². The van der Waals surface area contributed by atoms with Crippen molar-refractivity contribution in [3.8, 4) is 0 Å². The number of rotatable bonds is 8. The Balaban J connectivity index is 1.53. The number of hydrogen-bond acceptors (Lipinski definition) is 8. The van der Waals surface area contributed by atoms with Crippen LogP contribution in [-0.2, 0) is 41.5 Å². The van der Waals surface area contributed by atoms with Gasteiger partial charge in [-0.25, -0.2) is 0 Å². The van der Waals surface area contributed by atoms with Crippen LogP contribution in [0.1, 0.15) is 11.1 Å². The van der Waals surface area contributed by atoms with E-state index in [1.54, 1.807) is 6.08 Å². The number of nitrogens with zero attached hydrogens (tertiary/aromatic N) is 2. The topological polar surface area (TPSA) is 61.9 Å². The van der Waals surface area contributed by atoms with Crippen LogP contribution < -0.4 is 0 Å². The lowest BCUT2D eigenvalue weighted by Gasteiger charge is -2.24. The summed E-state index contributed by atoms with van der Waals surface area (Å²) in [5, 5.41) is 0. The maximum Gasteiger partial charge on any atom is 0.104 e. The second-order valence-corrected chi connectivity index (χ2v) is 9.75. The van der Waals surface area contributed by atoms with Gasteiger partial charge in [0, 0.05) is 39.3 Å². The van der Waals surface area contributed by atoms with E-state index in [9.17, 15) is 0 Å². The van der Waals surface area contributed by atoms with Gasteiger partial charge in [0.1, 0.15) is 6.10 Å². The van der Waals surface area contributed by atoms with Crippen LogP contribution in [0.3, 0.4) is 0 Å². The molecule has 0 amide bonds. The lowest BCUT2D eigenvalue weighted by Crippen LogP contribution is -2.34. The van der Waals surface area contributed by atoms with Gasteiger partial charge in [0.2, 0.25) is 0 Å². The summed E-state index contributed by atoms with van der Waals surface area (Å²) < 4.78 is 35.5. The highest BCUT2D eigenvalue weighted by atomic mass is 16.6. The first-order chi connectivity index (χ1) is 19.8. The van der Waals surface area contributed by atoms with E-state index in [-0.39, 0.29) is 6.10 Å². The molecule has 3 rings (SSSR count). The average Bonchev–Trinajstić information content (AvgIpc) is 2.98. The van der Waals surface area contributed by atoms with Crippen molar-refractivity contribution < 1.29 is 28.4 Å².